The Morgan fingerprint density at radius 1 is 1.00 bits per heavy atom. The van der Waals surface area contributed by atoms with Gasteiger partial charge in [0.15, 0.2) is 6.10 Å². The summed E-state index contributed by atoms with van der Waals surface area (Å²) in [5, 5.41) is 0. The third-order valence-corrected chi connectivity index (χ3v) is 2.68. The summed E-state index contributed by atoms with van der Waals surface area (Å²) < 4.78 is 5.38. The van der Waals surface area contributed by atoms with Crippen LogP contribution in [0.3, 0.4) is 0 Å². The van der Waals surface area contributed by atoms with Crippen LogP contribution in [-0.4, -0.2) is 5.78 Å². The molecule has 94 valence electrons. The summed E-state index contributed by atoms with van der Waals surface area (Å²) in [6.45, 7) is 1.68. The van der Waals surface area contributed by atoms with Crippen LogP contribution in [-0.2, 0) is 4.74 Å². The number of Topliss-reactive ketones (excluding diaryl/α,β-unsaturated/α-hetero) is 1. The van der Waals surface area contributed by atoms with Crippen molar-refractivity contribution in [1.29, 1.82) is 0 Å². The maximum absolute atomic E-state index is 12.5. The van der Waals surface area contributed by atoms with E-state index in [1.807, 2.05) is 48.5 Å². The first kappa shape index (κ1) is 12.9. The van der Waals surface area contributed by atoms with E-state index in [9.17, 15) is 4.79 Å². The first-order valence-electron chi connectivity index (χ1n) is 6.04. The van der Waals surface area contributed by atoms with Crippen molar-refractivity contribution in [2.75, 3.05) is 0 Å². The van der Waals surface area contributed by atoms with E-state index in [2.05, 4.69) is 12.0 Å². The van der Waals surface area contributed by atoms with Crippen molar-refractivity contribution in [2.24, 2.45) is 0 Å². The Kier molecular flexibility index (Phi) is 4.36. The van der Waals surface area contributed by atoms with Gasteiger partial charge in [0.25, 0.3) is 0 Å². The number of ether oxygens (including phenoxy) is 1. The van der Waals surface area contributed by atoms with Crippen molar-refractivity contribution in [3.05, 3.63) is 71.8 Å². The minimum atomic E-state index is -0.684. The third kappa shape index (κ3) is 3.23. The molecule has 0 N–H and O–H groups in total. The molecule has 0 radical (unpaired) electrons. The molecule has 0 fully saturated rings. The van der Waals surface area contributed by atoms with E-state index in [1.54, 1.807) is 19.1 Å². The van der Waals surface area contributed by atoms with Crippen LogP contribution in [0.2, 0.25) is 0 Å². The topological polar surface area (TPSA) is 26.3 Å². The van der Waals surface area contributed by atoms with Gasteiger partial charge >= 0.3 is 0 Å². The average Bonchev–Trinajstić information content (AvgIpc) is 2.49. The molecule has 0 bridgehead atoms. The Morgan fingerprint density at radius 2 is 1.58 bits per heavy atom. The number of rotatable bonds is 4. The summed E-state index contributed by atoms with van der Waals surface area (Å²) >= 11 is 0. The van der Waals surface area contributed by atoms with Crippen molar-refractivity contribution in [3.63, 3.8) is 0 Å². The normalized spacial score (nSPS) is 11.0. The number of benzene rings is 2. The van der Waals surface area contributed by atoms with Crippen LogP contribution in [0, 0.1) is 12.0 Å². The molecule has 0 aromatic heterocycles. The Balaban J connectivity index is 2.32. The molecule has 2 heteroatoms. The second kappa shape index (κ2) is 6.42. The van der Waals surface area contributed by atoms with Gasteiger partial charge < -0.3 is 4.74 Å². The lowest BCUT2D eigenvalue weighted by atomic mass is 10.00. The Hall–Kier alpha value is -2.53. The number of carbonyl (C=O) groups excluding carboxylic acids is 1. The van der Waals surface area contributed by atoms with Crippen LogP contribution >= 0.6 is 0 Å². The van der Waals surface area contributed by atoms with Gasteiger partial charge in [-0.25, -0.2) is 0 Å². The smallest absolute Gasteiger partial charge is 0.209 e. The first-order valence-corrected chi connectivity index (χ1v) is 6.04. The van der Waals surface area contributed by atoms with Gasteiger partial charge in [-0.3, -0.25) is 4.79 Å². The lowest BCUT2D eigenvalue weighted by Crippen LogP contribution is -2.14. The number of hydrogen-bond donors (Lipinski definition) is 0. The summed E-state index contributed by atoms with van der Waals surface area (Å²) in [5.74, 6) is 2.56. The quantitative estimate of drug-likeness (QED) is 0.612. The predicted molar refractivity (Wildman–Crippen MR) is 74.5 cm³/mol. The van der Waals surface area contributed by atoms with E-state index in [1.165, 1.54) is 0 Å². The number of hydrogen-bond acceptors (Lipinski definition) is 2. The van der Waals surface area contributed by atoms with Crippen LogP contribution in [0.15, 0.2) is 60.7 Å². The summed E-state index contributed by atoms with van der Waals surface area (Å²) in [6, 6.07) is 18.5. The van der Waals surface area contributed by atoms with Gasteiger partial charge in [-0.1, -0.05) is 66.6 Å². The van der Waals surface area contributed by atoms with Crippen molar-refractivity contribution in [2.45, 2.75) is 13.0 Å². The van der Waals surface area contributed by atoms with Gasteiger partial charge in [0.2, 0.25) is 5.78 Å². The van der Waals surface area contributed by atoms with Crippen LogP contribution in [0.5, 0.6) is 0 Å². The summed E-state index contributed by atoms with van der Waals surface area (Å²) in [6.07, 6.45) is 1.84. The molecular weight excluding hydrogens is 236 g/mol. The second-order valence-electron chi connectivity index (χ2n) is 3.99. The van der Waals surface area contributed by atoms with Crippen LogP contribution in [0.4, 0.5) is 0 Å². The van der Waals surface area contributed by atoms with Gasteiger partial charge in [0, 0.05) is 18.1 Å². The highest BCUT2D eigenvalue weighted by Gasteiger charge is 2.22. The Labute approximate surface area is 113 Å². The maximum Gasteiger partial charge on any atom is 0.209 e. The summed E-state index contributed by atoms with van der Waals surface area (Å²) in [4.78, 5) is 12.5. The monoisotopic (exact) mass is 250 g/mol. The van der Waals surface area contributed by atoms with E-state index >= 15 is 0 Å². The highest BCUT2D eigenvalue weighted by atomic mass is 16.5. The molecule has 1 atom stereocenters. The van der Waals surface area contributed by atoms with Crippen molar-refractivity contribution >= 4 is 5.78 Å². The number of carbonyl (C=O) groups is 1. The van der Waals surface area contributed by atoms with Gasteiger partial charge in [-0.2, -0.15) is 0 Å². The largest absolute Gasteiger partial charge is 0.430 e. The number of ketones is 1. The maximum atomic E-state index is 12.5. The second-order valence-corrected chi connectivity index (χ2v) is 3.99. The zero-order valence-electron chi connectivity index (χ0n) is 10.7. The standard InChI is InChI=1S/C17H14O2/c1-2-13-19-17(15-11-7-4-8-12-15)16(18)14-9-5-3-6-10-14/h3-12,17H,1H3. The highest BCUT2D eigenvalue weighted by Crippen LogP contribution is 2.21. The third-order valence-electron chi connectivity index (χ3n) is 2.68. The fraction of sp³-hybridized carbons (Fsp3) is 0.118. The van der Waals surface area contributed by atoms with E-state index in [4.69, 9.17) is 4.74 Å². The molecular formula is C17H14O2. The van der Waals surface area contributed by atoms with Gasteiger partial charge in [-0.15, -0.1) is 0 Å². The molecule has 0 saturated carbocycles. The Bertz CT molecular complexity index is 591. The SMILES string of the molecule is CC#COC(C(=O)c1ccccc1)c1ccccc1. The zero-order valence-corrected chi connectivity index (χ0v) is 10.7. The average molecular weight is 250 g/mol. The molecule has 0 aliphatic carbocycles. The molecule has 2 nitrogen and oxygen atoms in total. The molecule has 0 aliphatic rings. The predicted octanol–water partition coefficient (Wildman–Crippen LogP) is 3.61. The molecule has 2 aromatic rings. The van der Waals surface area contributed by atoms with Crippen LogP contribution in [0.1, 0.15) is 28.9 Å². The minimum Gasteiger partial charge on any atom is -0.430 e. The van der Waals surface area contributed by atoms with Gasteiger partial charge in [0.05, 0.1) is 0 Å². The van der Waals surface area contributed by atoms with Crippen LogP contribution in [0.25, 0.3) is 0 Å². The molecule has 19 heavy (non-hydrogen) atoms. The molecule has 0 saturated heterocycles. The highest BCUT2D eigenvalue weighted by molar-refractivity contribution is 6.00. The lowest BCUT2D eigenvalue weighted by molar-refractivity contribution is 0.0741. The molecule has 0 amide bonds. The minimum absolute atomic E-state index is 0.0884. The zero-order chi connectivity index (χ0) is 13.5. The fourth-order valence-electron chi connectivity index (χ4n) is 1.77. The fourth-order valence-corrected chi connectivity index (χ4v) is 1.77. The first-order chi connectivity index (χ1) is 9.33. The van der Waals surface area contributed by atoms with E-state index in [-0.39, 0.29) is 5.78 Å². The van der Waals surface area contributed by atoms with Crippen LogP contribution < -0.4 is 0 Å². The summed E-state index contributed by atoms with van der Waals surface area (Å²) in [5.41, 5.74) is 1.42. The molecule has 2 rings (SSSR count). The van der Waals surface area contributed by atoms with E-state index < -0.39 is 6.10 Å². The molecule has 2 aromatic carbocycles. The summed E-state index contributed by atoms with van der Waals surface area (Å²) in [7, 11) is 0. The van der Waals surface area contributed by atoms with Gasteiger partial charge in [-0.05, 0) is 0 Å². The lowest BCUT2D eigenvalue weighted by Gasteiger charge is -2.14. The molecule has 0 spiro atoms. The van der Waals surface area contributed by atoms with E-state index in [0.717, 1.165) is 5.56 Å². The molecule has 0 aliphatic heterocycles. The van der Waals surface area contributed by atoms with Crippen molar-refractivity contribution < 1.29 is 9.53 Å². The van der Waals surface area contributed by atoms with Gasteiger partial charge in [0.1, 0.15) is 6.11 Å². The van der Waals surface area contributed by atoms with E-state index in [0.29, 0.717) is 5.56 Å². The Morgan fingerprint density at radius 3 is 2.16 bits per heavy atom. The molecule has 0 heterocycles. The van der Waals surface area contributed by atoms with Crippen molar-refractivity contribution in [3.8, 4) is 12.0 Å². The molecule has 1 unspecified atom stereocenters. The van der Waals surface area contributed by atoms with Crippen molar-refractivity contribution in [1.82, 2.24) is 0 Å².